The maximum absolute atomic E-state index is 2.56. The number of allylic oxidation sites excluding steroid dienone is 6. The molecule has 0 aromatic carbocycles. The first kappa shape index (κ1) is 18.6. The van der Waals surface area contributed by atoms with Gasteiger partial charge in [-0.15, -0.1) is 0 Å². The zero-order chi connectivity index (χ0) is 16.7. The van der Waals surface area contributed by atoms with E-state index in [2.05, 4.69) is 64.2 Å². The molecule has 0 spiro atoms. The highest BCUT2D eigenvalue weighted by Crippen LogP contribution is 2.62. The van der Waals surface area contributed by atoms with E-state index in [1.165, 1.54) is 44.9 Å². The van der Waals surface area contributed by atoms with Gasteiger partial charge in [-0.2, -0.15) is 0 Å². The molecule has 2 aliphatic carbocycles. The van der Waals surface area contributed by atoms with Crippen LogP contribution in [0, 0.1) is 35.5 Å². The molecule has 2 saturated carbocycles. The average molecular weight is 315 g/mol. The van der Waals surface area contributed by atoms with Crippen LogP contribution in [0.25, 0.3) is 0 Å². The van der Waals surface area contributed by atoms with Crippen LogP contribution in [0.15, 0.2) is 36.5 Å². The molecule has 2 rings (SSSR count). The van der Waals surface area contributed by atoms with Gasteiger partial charge in [0.25, 0.3) is 0 Å². The van der Waals surface area contributed by atoms with Crippen molar-refractivity contribution in [3.63, 3.8) is 0 Å². The van der Waals surface area contributed by atoms with Crippen LogP contribution in [0.3, 0.4) is 0 Å². The summed E-state index contributed by atoms with van der Waals surface area (Å²) in [6.07, 6.45) is 23.5. The van der Waals surface area contributed by atoms with Crippen LogP contribution < -0.4 is 0 Å². The summed E-state index contributed by atoms with van der Waals surface area (Å²) < 4.78 is 0. The van der Waals surface area contributed by atoms with Gasteiger partial charge in [0.2, 0.25) is 0 Å². The van der Waals surface area contributed by atoms with Gasteiger partial charge in [0, 0.05) is 0 Å². The first-order valence-electron chi connectivity index (χ1n) is 10.1. The molecule has 0 heterocycles. The summed E-state index contributed by atoms with van der Waals surface area (Å²) in [7, 11) is 0. The lowest BCUT2D eigenvalue weighted by Gasteiger charge is -2.25. The maximum atomic E-state index is 2.56. The van der Waals surface area contributed by atoms with E-state index in [1.807, 2.05) is 0 Å². The average Bonchev–Trinajstić information content (AvgIpc) is 3.23. The van der Waals surface area contributed by atoms with Crippen molar-refractivity contribution in [2.75, 3.05) is 0 Å². The van der Waals surface area contributed by atoms with Crippen molar-refractivity contribution in [3.05, 3.63) is 36.5 Å². The van der Waals surface area contributed by atoms with Crippen molar-refractivity contribution in [2.45, 2.75) is 72.6 Å². The van der Waals surface area contributed by atoms with Crippen LogP contribution in [-0.4, -0.2) is 0 Å². The third-order valence-electron chi connectivity index (χ3n) is 6.44. The number of unbranched alkanes of at least 4 members (excludes halogenated alkanes) is 1. The normalized spacial score (nSPS) is 35.2. The molecule has 0 heteroatoms. The zero-order valence-electron chi connectivity index (χ0n) is 15.9. The van der Waals surface area contributed by atoms with Crippen molar-refractivity contribution in [1.82, 2.24) is 0 Å². The van der Waals surface area contributed by atoms with Gasteiger partial charge in [0.05, 0.1) is 0 Å². The summed E-state index contributed by atoms with van der Waals surface area (Å²) >= 11 is 0. The van der Waals surface area contributed by atoms with Gasteiger partial charge in [0.1, 0.15) is 0 Å². The Morgan fingerprint density at radius 1 is 0.913 bits per heavy atom. The Morgan fingerprint density at radius 2 is 1.57 bits per heavy atom. The fraction of sp³-hybridized carbons (Fsp3) is 0.739. The molecular formula is C23H38. The third-order valence-corrected chi connectivity index (χ3v) is 6.44. The summed E-state index contributed by atoms with van der Waals surface area (Å²) in [6.45, 7) is 9.16. The molecule has 2 fully saturated rings. The van der Waals surface area contributed by atoms with E-state index in [0.29, 0.717) is 0 Å². The molecule has 23 heavy (non-hydrogen) atoms. The molecule has 6 atom stereocenters. The Labute approximate surface area is 145 Å². The van der Waals surface area contributed by atoms with Crippen molar-refractivity contribution < 1.29 is 0 Å². The van der Waals surface area contributed by atoms with E-state index in [9.17, 15) is 0 Å². The van der Waals surface area contributed by atoms with Crippen molar-refractivity contribution in [1.29, 1.82) is 0 Å². The minimum absolute atomic E-state index is 0.847. The summed E-state index contributed by atoms with van der Waals surface area (Å²) in [5.41, 5.74) is 0. The van der Waals surface area contributed by atoms with Crippen LogP contribution in [0.4, 0.5) is 0 Å². The van der Waals surface area contributed by atoms with E-state index in [1.54, 1.807) is 0 Å². The van der Waals surface area contributed by atoms with Crippen molar-refractivity contribution in [2.24, 2.45) is 35.5 Å². The van der Waals surface area contributed by atoms with E-state index in [-0.39, 0.29) is 0 Å². The minimum atomic E-state index is 0.847. The van der Waals surface area contributed by atoms with Gasteiger partial charge in [-0.25, -0.2) is 0 Å². The quantitative estimate of drug-likeness (QED) is 0.312. The molecule has 0 saturated heterocycles. The second-order valence-corrected chi connectivity index (χ2v) is 7.91. The van der Waals surface area contributed by atoms with Gasteiger partial charge < -0.3 is 0 Å². The first-order valence-corrected chi connectivity index (χ1v) is 10.1. The van der Waals surface area contributed by atoms with E-state index in [4.69, 9.17) is 0 Å². The molecule has 0 nitrogen and oxygen atoms in total. The van der Waals surface area contributed by atoms with Crippen molar-refractivity contribution >= 4 is 0 Å². The van der Waals surface area contributed by atoms with Crippen LogP contribution in [0.5, 0.6) is 0 Å². The van der Waals surface area contributed by atoms with Gasteiger partial charge >= 0.3 is 0 Å². The first-order chi connectivity index (χ1) is 11.2. The van der Waals surface area contributed by atoms with Gasteiger partial charge in [-0.05, 0) is 87.9 Å². The predicted molar refractivity (Wildman–Crippen MR) is 103 cm³/mol. The summed E-state index contributed by atoms with van der Waals surface area (Å²) in [5, 5.41) is 0. The van der Waals surface area contributed by atoms with Gasteiger partial charge in [0.15, 0.2) is 0 Å². The molecule has 0 amide bonds. The maximum Gasteiger partial charge on any atom is -0.0205 e. The fourth-order valence-corrected chi connectivity index (χ4v) is 5.03. The second-order valence-electron chi connectivity index (χ2n) is 7.91. The number of fused-ring (bicyclic) bond motifs is 1. The summed E-state index contributed by atoms with van der Waals surface area (Å²) in [6, 6.07) is 0. The Kier molecular flexibility index (Phi) is 7.66. The molecule has 0 radical (unpaired) electrons. The molecule has 0 aromatic heterocycles. The lowest BCUT2D eigenvalue weighted by molar-refractivity contribution is 0.293. The van der Waals surface area contributed by atoms with Gasteiger partial charge in [-0.3, -0.25) is 0 Å². The monoisotopic (exact) mass is 314 g/mol. The van der Waals surface area contributed by atoms with Crippen LogP contribution in [0.2, 0.25) is 0 Å². The zero-order valence-corrected chi connectivity index (χ0v) is 15.9. The number of hydrogen-bond donors (Lipinski definition) is 0. The SMILES string of the molecule is CC=CCCC=CC1CC2C(CC1C)C2C(CC)CCC=CC. The summed E-state index contributed by atoms with van der Waals surface area (Å²) in [5.74, 6) is 5.88. The highest BCUT2D eigenvalue weighted by molar-refractivity contribution is 5.08. The molecule has 6 unspecified atom stereocenters. The summed E-state index contributed by atoms with van der Waals surface area (Å²) in [4.78, 5) is 0. The largest absolute Gasteiger partial charge is 0.0917 e. The van der Waals surface area contributed by atoms with Crippen LogP contribution >= 0.6 is 0 Å². The smallest absolute Gasteiger partial charge is 0.0205 e. The number of rotatable bonds is 9. The molecule has 0 N–H and O–H groups in total. The fourth-order valence-electron chi connectivity index (χ4n) is 5.03. The highest BCUT2D eigenvalue weighted by Gasteiger charge is 2.56. The Morgan fingerprint density at radius 3 is 2.26 bits per heavy atom. The molecule has 0 aliphatic heterocycles. The molecule has 130 valence electrons. The van der Waals surface area contributed by atoms with Crippen LogP contribution in [0.1, 0.15) is 72.6 Å². The molecule has 0 aromatic rings. The van der Waals surface area contributed by atoms with Crippen molar-refractivity contribution in [3.8, 4) is 0 Å². The Bertz CT molecular complexity index is 414. The third kappa shape index (κ3) is 5.10. The highest BCUT2D eigenvalue weighted by atomic mass is 14.6. The lowest BCUT2D eigenvalue weighted by Crippen LogP contribution is -2.16. The van der Waals surface area contributed by atoms with E-state index >= 15 is 0 Å². The molecule has 2 aliphatic rings. The van der Waals surface area contributed by atoms with E-state index < -0.39 is 0 Å². The van der Waals surface area contributed by atoms with Gasteiger partial charge in [-0.1, -0.05) is 56.7 Å². The standard InChI is InChI=1S/C23H38/c1-5-8-10-11-13-15-20-17-22-21(16-18(20)4)23(22)19(7-3)14-12-9-6-2/h5-6,8-9,13,15,18-23H,7,10-12,14,16-17H2,1-4H3. The van der Waals surface area contributed by atoms with Crippen LogP contribution in [-0.2, 0) is 0 Å². The minimum Gasteiger partial charge on any atom is -0.0917 e. The Hall–Kier alpha value is -0.780. The molecule has 0 bridgehead atoms. The topological polar surface area (TPSA) is 0 Å². The second kappa shape index (κ2) is 9.50. The van der Waals surface area contributed by atoms with E-state index in [0.717, 1.165) is 35.5 Å². The molecular weight excluding hydrogens is 276 g/mol. The lowest BCUT2D eigenvalue weighted by atomic mass is 9.80. The number of hydrogen-bond acceptors (Lipinski definition) is 0. The Balaban J connectivity index is 1.82. The predicted octanol–water partition coefficient (Wildman–Crippen LogP) is 7.19.